The summed E-state index contributed by atoms with van der Waals surface area (Å²) in [6.07, 6.45) is 1.14. The average molecular weight is 289 g/mol. The second kappa shape index (κ2) is 6.86. The Labute approximate surface area is 113 Å². The molecule has 4 nitrogen and oxygen atoms in total. The van der Waals surface area contributed by atoms with Gasteiger partial charge in [0.15, 0.2) is 9.84 Å². The zero-order chi connectivity index (χ0) is 14.5. The lowest BCUT2D eigenvalue weighted by Crippen LogP contribution is -2.21. The Hall–Kier alpha value is -1.14. The fourth-order valence-corrected chi connectivity index (χ4v) is 1.83. The van der Waals surface area contributed by atoms with Crippen molar-refractivity contribution in [1.29, 1.82) is 0 Å². The minimum Gasteiger partial charge on any atom is -0.492 e. The van der Waals surface area contributed by atoms with Gasteiger partial charge in [0.1, 0.15) is 18.2 Å². The van der Waals surface area contributed by atoms with Gasteiger partial charge in [-0.3, -0.25) is 0 Å². The van der Waals surface area contributed by atoms with Gasteiger partial charge in [0.2, 0.25) is 0 Å². The van der Waals surface area contributed by atoms with Gasteiger partial charge in [-0.05, 0) is 17.7 Å². The minimum atomic E-state index is -3.07. The van der Waals surface area contributed by atoms with Crippen LogP contribution in [-0.2, 0) is 16.4 Å². The van der Waals surface area contributed by atoms with E-state index in [-0.39, 0.29) is 12.4 Å². The van der Waals surface area contributed by atoms with E-state index in [1.165, 1.54) is 12.1 Å². The molecular weight excluding hydrogens is 269 g/mol. The van der Waals surface area contributed by atoms with E-state index in [1.807, 2.05) is 13.8 Å². The van der Waals surface area contributed by atoms with Crippen LogP contribution in [0.3, 0.4) is 0 Å². The van der Waals surface area contributed by atoms with Crippen molar-refractivity contribution in [2.45, 2.75) is 26.4 Å². The molecule has 0 aliphatic rings. The van der Waals surface area contributed by atoms with Crippen LogP contribution in [0.25, 0.3) is 0 Å². The van der Waals surface area contributed by atoms with Crippen LogP contribution in [0, 0.1) is 5.82 Å². The van der Waals surface area contributed by atoms with Gasteiger partial charge < -0.3 is 10.1 Å². The number of hydrogen-bond donors (Lipinski definition) is 1. The smallest absolute Gasteiger partial charge is 0.150 e. The lowest BCUT2D eigenvalue weighted by molar-refractivity contribution is 0.338. The van der Waals surface area contributed by atoms with Crippen molar-refractivity contribution in [1.82, 2.24) is 5.32 Å². The lowest BCUT2D eigenvalue weighted by atomic mass is 10.2. The average Bonchev–Trinajstić information content (AvgIpc) is 2.24. The Morgan fingerprint density at radius 2 is 2.00 bits per heavy atom. The van der Waals surface area contributed by atoms with E-state index in [0.29, 0.717) is 18.3 Å². The third-order valence-electron chi connectivity index (χ3n) is 2.37. The Kier molecular flexibility index (Phi) is 5.75. The molecule has 0 fully saturated rings. The van der Waals surface area contributed by atoms with Crippen molar-refractivity contribution in [2.75, 3.05) is 18.6 Å². The molecule has 108 valence electrons. The zero-order valence-electron chi connectivity index (χ0n) is 11.4. The van der Waals surface area contributed by atoms with Crippen LogP contribution >= 0.6 is 0 Å². The molecule has 0 unspecified atom stereocenters. The minimum absolute atomic E-state index is 0.0271. The molecule has 0 bridgehead atoms. The molecule has 6 heteroatoms. The lowest BCUT2D eigenvalue weighted by Gasteiger charge is -2.11. The fourth-order valence-electron chi connectivity index (χ4n) is 1.44. The maximum Gasteiger partial charge on any atom is 0.150 e. The van der Waals surface area contributed by atoms with Crippen LogP contribution < -0.4 is 10.1 Å². The van der Waals surface area contributed by atoms with Gasteiger partial charge in [-0.25, -0.2) is 12.8 Å². The molecule has 0 atom stereocenters. The Morgan fingerprint density at radius 3 is 2.58 bits per heavy atom. The van der Waals surface area contributed by atoms with Crippen molar-refractivity contribution >= 4 is 9.84 Å². The quantitative estimate of drug-likeness (QED) is 0.831. The molecule has 1 N–H and O–H groups in total. The Balaban J connectivity index is 2.63. The molecule has 0 aliphatic carbocycles. The fraction of sp³-hybridized carbons (Fsp3) is 0.538. The number of halogens is 1. The first-order valence-electron chi connectivity index (χ1n) is 6.09. The zero-order valence-corrected chi connectivity index (χ0v) is 12.3. The number of sulfone groups is 1. The first-order chi connectivity index (χ1) is 8.76. The van der Waals surface area contributed by atoms with Crippen molar-refractivity contribution in [3.05, 3.63) is 29.6 Å². The first kappa shape index (κ1) is 15.9. The molecule has 0 amide bonds. The number of rotatable bonds is 7. The molecule has 1 rings (SSSR count). The first-order valence-corrected chi connectivity index (χ1v) is 8.16. The molecule has 0 heterocycles. The molecule has 0 saturated heterocycles. The van der Waals surface area contributed by atoms with Crippen molar-refractivity contribution in [3.8, 4) is 5.75 Å². The highest BCUT2D eigenvalue weighted by Gasteiger charge is 2.05. The Morgan fingerprint density at radius 1 is 1.32 bits per heavy atom. The maximum atomic E-state index is 13.4. The van der Waals surface area contributed by atoms with E-state index in [9.17, 15) is 12.8 Å². The second-order valence-corrected chi connectivity index (χ2v) is 7.07. The molecule has 1 aromatic rings. The molecule has 0 aromatic heterocycles. The number of hydrogen-bond acceptors (Lipinski definition) is 4. The molecule has 1 aromatic carbocycles. The van der Waals surface area contributed by atoms with Crippen molar-refractivity contribution in [3.63, 3.8) is 0 Å². The Bertz CT molecular complexity index is 515. The molecule has 0 saturated carbocycles. The van der Waals surface area contributed by atoms with Gasteiger partial charge in [-0.2, -0.15) is 0 Å². The van der Waals surface area contributed by atoms with Crippen LogP contribution in [0.4, 0.5) is 4.39 Å². The topological polar surface area (TPSA) is 55.4 Å². The predicted octanol–water partition coefficient (Wildman–Crippen LogP) is 1.75. The monoisotopic (exact) mass is 289 g/mol. The summed E-state index contributed by atoms with van der Waals surface area (Å²) in [4.78, 5) is 0. The standard InChI is InChI=1S/C13H20FNO3S/c1-10(2)15-9-11-6-12(14)8-13(7-11)18-4-5-19(3,16)17/h6-8,10,15H,4-5,9H2,1-3H3. The van der Waals surface area contributed by atoms with E-state index in [2.05, 4.69) is 5.32 Å². The molecular formula is C13H20FNO3S. The maximum absolute atomic E-state index is 13.4. The van der Waals surface area contributed by atoms with Gasteiger partial charge in [0, 0.05) is 24.9 Å². The number of ether oxygens (including phenoxy) is 1. The summed E-state index contributed by atoms with van der Waals surface area (Å²) in [5.74, 6) is -0.120. The molecule has 0 spiro atoms. The van der Waals surface area contributed by atoms with Gasteiger partial charge in [0.05, 0.1) is 5.75 Å². The van der Waals surface area contributed by atoms with E-state index in [1.54, 1.807) is 6.07 Å². The van der Waals surface area contributed by atoms with Crippen molar-refractivity contribution < 1.29 is 17.5 Å². The highest BCUT2D eigenvalue weighted by Crippen LogP contribution is 2.16. The summed E-state index contributed by atoms with van der Waals surface area (Å²) in [7, 11) is -3.07. The summed E-state index contributed by atoms with van der Waals surface area (Å²) < 4.78 is 40.6. The van der Waals surface area contributed by atoms with Gasteiger partial charge in [0.25, 0.3) is 0 Å². The number of benzene rings is 1. The van der Waals surface area contributed by atoms with E-state index >= 15 is 0 Å². The van der Waals surface area contributed by atoms with E-state index < -0.39 is 15.7 Å². The van der Waals surface area contributed by atoms with E-state index in [0.717, 1.165) is 11.8 Å². The van der Waals surface area contributed by atoms with Gasteiger partial charge in [-0.15, -0.1) is 0 Å². The SMILES string of the molecule is CC(C)NCc1cc(F)cc(OCCS(C)(=O)=O)c1. The van der Waals surface area contributed by atoms with Gasteiger partial charge in [-0.1, -0.05) is 13.8 Å². The summed E-state index contributed by atoms with van der Waals surface area (Å²) in [6, 6.07) is 4.69. The summed E-state index contributed by atoms with van der Waals surface area (Å²) in [6.45, 7) is 4.57. The summed E-state index contributed by atoms with van der Waals surface area (Å²) in [5, 5.41) is 3.18. The summed E-state index contributed by atoms with van der Waals surface area (Å²) >= 11 is 0. The molecule has 0 radical (unpaired) electrons. The third-order valence-corrected chi connectivity index (χ3v) is 3.28. The molecule has 19 heavy (non-hydrogen) atoms. The summed E-state index contributed by atoms with van der Waals surface area (Å²) in [5.41, 5.74) is 0.767. The van der Waals surface area contributed by atoms with Gasteiger partial charge >= 0.3 is 0 Å². The van der Waals surface area contributed by atoms with Crippen molar-refractivity contribution in [2.24, 2.45) is 0 Å². The highest BCUT2D eigenvalue weighted by atomic mass is 32.2. The van der Waals surface area contributed by atoms with Crippen LogP contribution in [0.1, 0.15) is 19.4 Å². The number of nitrogens with one attached hydrogen (secondary N) is 1. The largest absolute Gasteiger partial charge is 0.492 e. The van der Waals surface area contributed by atoms with Crippen LogP contribution in [-0.4, -0.2) is 33.1 Å². The predicted molar refractivity (Wildman–Crippen MR) is 73.6 cm³/mol. The van der Waals surface area contributed by atoms with Crippen LogP contribution in [0.15, 0.2) is 18.2 Å². The second-order valence-electron chi connectivity index (χ2n) is 4.81. The highest BCUT2D eigenvalue weighted by molar-refractivity contribution is 7.90. The third kappa shape index (κ3) is 7.12. The normalized spacial score (nSPS) is 11.8. The van der Waals surface area contributed by atoms with Crippen LogP contribution in [0.5, 0.6) is 5.75 Å². The van der Waals surface area contributed by atoms with Crippen LogP contribution in [0.2, 0.25) is 0 Å². The molecule has 0 aliphatic heterocycles. The van der Waals surface area contributed by atoms with E-state index in [4.69, 9.17) is 4.74 Å².